The van der Waals surface area contributed by atoms with Crippen molar-refractivity contribution < 1.29 is 4.79 Å². The lowest BCUT2D eigenvalue weighted by atomic mass is 9.83. The molecule has 1 amide bonds. The zero-order valence-corrected chi connectivity index (χ0v) is 12.2. The van der Waals surface area contributed by atoms with Gasteiger partial charge in [-0.1, -0.05) is 19.3 Å². The third-order valence-electron chi connectivity index (χ3n) is 6.14. The lowest BCUT2D eigenvalue weighted by Crippen LogP contribution is -2.46. The molecule has 108 valence electrons. The number of carbonyl (C=O) groups excluding carboxylic acids is 1. The Morgan fingerprint density at radius 2 is 2.00 bits per heavy atom. The van der Waals surface area contributed by atoms with Crippen LogP contribution in [-0.2, 0) is 4.79 Å². The summed E-state index contributed by atoms with van der Waals surface area (Å²) in [7, 11) is 2.00. The topological polar surface area (TPSA) is 46.3 Å². The monoisotopic (exact) mass is 264 g/mol. The van der Waals surface area contributed by atoms with Gasteiger partial charge in [-0.15, -0.1) is 0 Å². The summed E-state index contributed by atoms with van der Waals surface area (Å²) in [6.07, 6.45) is 9.97. The average molecular weight is 264 g/mol. The summed E-state index contributed by atoms with van der Waals surface area (Å²) in [5.41, 5.74) is 5.71. The summed E-state index contributed by atoms with van der Waals surface area (Å²) < 4.78 is 0. The zero-order chi connectivity index (χ0) is 13.5. The van der Waals surface area contributed by atoms with Crippen molar-refractivity contribution in [3.63, 3.8) is 0 Å². The van der Waals surface area contributed by atoms with Gasteiger partial charge in [0.15, 0.2) is 0 Å². The summed E-state index contributed by atoms with van der Waals surface area (Å²) in [4.78, 5) is 14.8. The molecule has 3 heteroatoms. The summed E-state index contributed by atoms with van der Waals surface area (Å²) in [6, 6.07) is 0. The van der Waals surface area contributed by atoms with Crippen LogP contribution in [0.4, 0.5) is 0 Å². The highest BCUT2D eigenvalue weighted by Crippen LogP contribution is 2.48. The molecule has 3 atom stereocenters. The van der Waals surface area contributed by atoms with E-state index < -0.39 is 0 Å². The molecule has 0 saturated heterocycles. The fraction of sp³-hybridized carbons (Fsp3) is 0.938. The molecular formula is C16H28N2O. The third kappa shape index (κ3) is 2.31. The molecule has 19 heavy (non-hydrogen) atoms. The summed E-state index contributed by atoms with van der Waals surface area (Å²) in [5.74, 6) is 2.96. The Hall–Kier alpha value is -0.570. The van der Waals surface area contributed by atoms with Gasteiger partial charge in [0.25, 0.3) is 0 Å². The van der Waals surface area contributed by atoms with Gasteiger partial charge in [0.05, 0.1) is 5.41 Å². The maximum Gasteiger partial charge on any atom is 0.229 e. The summed E-state index contributed by atoms with van der Waals surface area (Å²) >= 11 is 0. The van der Waals surface area contributed by atoms with Crippen molar-refractivity contribution >= 4 is 5.91 Å². The number of nitrogens with two attached hydrogens (primary N) is 1. The third-order valence-corrected chi connectivity index (χ3v) is 6.14. The number of nitrogens with zero attached hydrogens (tertiary/aromatic N) is 1. The molecule has 0 heterocycles. The van der Waals surface area contributed by atoms with Crippen LogP contribution in [0.3, 0.4) is 0 Å². The van der Waals surface area contributed by atoms with Gasteiger partial charge < -0.3 is 10.6 Å². The van der Waals surface area contributed by atoms with Crippen LogP contribution >= 0.6 is 0 Å². The highest BCUT2D eigenvalue weighted by atomic mass is 16.2. The first-order chi connectivity index (χ1) is 9.14. The van der Waals surface area contributed by atoms with E-state index in [-0.39, 0.29) is 5.41 Å². The summed E-state index contributed by atoms with van der Waals surface area (Å²) in [6.45, 7) is 1.51. The molecule has 0 aromatic rings. The van der Waals surface area contributed by atoms with Gasteiger partial charge in [0, 0.05) is 20.1 Å². The van der Waals surface area contributed by atoms with Crippen molar-refractivity contribution in [1.82, 2.24) is 4.90 Å². The van der Waals surface area contributed by atoms with E-state index in [2.05, 4.69) is 0 Å². The molecule has 3 aliphatic carbocycles. The maximum atomic E-state index is 12.7. The van der Waals surface area contributed by atoms with Gasteiger partial charge >= 0.3 is 0 Å². The second kappa shape index (κ2) is 5.08. The fourth-order valence-corrected chi connectivity index (χ4v) is 5.00. The van der Waals surface area contributed by atoms with Crippen LogP contribution < -0.4 is 5.73 Å². The minimum Gasteiger partial charge on any atom is -0.345 e. The molecule has 2 N–H and O–H groups in total. The van der Waals surface area contributed by atoms with Gasteiger partial charge in [0.2, 0.25) is 5.91 Å². The van der Waals surface area contributed by atoms with Crippen LogP contribution in [-0.4, -0.2) is 30.9 Å². The molecular weight excluding hydrogens is 236 g/mol. The molecule has 3 fully saturated rings. The molecule has 0 radical (unpaired) electrons. The fourth-order valence-electron chi connectivity index (χ4n) is 5.00. The quantitative estimate of drug-likeness (QED) is 0.847. The number of fused-ring (bicyclic) bond motifs is 2. The van der Waals surface area contributed by atoms with E-state index in [9.17, 15) is 4.79 Å². The first-order valence-corrected chi connectivity index (χ1v) is 8.10. The van der Waals surface area contributed by atoms with Crippen LogP contribution in [0.25, 0.3) is 0 Å². The van der Waals surface area contributed by atoms with Crippen molar-refractivity contribution in [1.29, 1.82) is 0 Å². The largest absolute Gasteiger partial charge is 0.345 e. The Morgan fingerprint density at radius 1 is 1.26 bits per heavy atom. The molecule has 0 aliphatic heterocycles. The molecule has 3 aliphatic rings. The Balaban J connectivity index is 1.60. The normalized spacial score (nSPS) is 35.8. The first kappa shape index (κ1) is 13.4. The molecule has 3 rings (SSSR count). The van der Waals surface area contributed by atoms with Crippen molar-refractivity contribution in [3.05, 3.63) is 0 Å². The van der Waals surface area contributed by atoms with Crippen molar-refractivity contribution in [3.8, 4) is 0 Å². The van der Waals surface area contributed by atoms with Gasteiger partial charge in [-0.25, -0.2) is 0 Å². The van der Waals surface area contributed by atoms with Crippen molar-refractivity contribution in [2.24, 2.45) is 28.9 Å². The molecule has 3 nitrogen and oxygen atoms in total. The predicted molar refractivity (Wildman–Crippen MR) is 76.5 cm³/mol. The summed E-state index contributed by atoms with van der Waals surface area (Å²) in [5, 5.41) is 0. The van der Waals surface area contributed by atoms with Gasteiger partial charge in [-0.3, -0.25) is 4.79 Å². The minimum atomic E-state index is -0.216. The first-order valence-electron chi connectivity index (χ1n) is 8.10. The van der Waals surface area contributed by atoms with E-state index in [4.69, 9.17) is 5.73 Å². The SMILES string of the molecule is CN(CC1CC2CCC1C2)C(=O)C1(CN)CCCC1. The Kier molecular flexibility index (Phi) is 3.59. The number of hydrogen-bond donors (Lipinski definition) is 1. The number of amides is 1. The highest BCUT2D eigenvalue weighted by molar-refractivity contribution is 5.83. The van der Waals surface area contributed by atoms with E-state index >= 15 is 0 Å². The van der Waals surface area contributed by atoms with Crippen LogP contribution in [0.5, 0.6) is 0 Å². The van der Waals surface area contributed by atoms with Crippen LogP contribution in [0.2, 0.25) is 0 Å². The standard InChI is InChI=1S/C16H28N2O/c1-18(10-14-9-12-4-5-13(14)8-12)15(19)16(11-17)6-2-3-7-16/h12-14H,2-11,17H2,1H3. The lowest BCUT2D eigenvalue weighted by molar-refractivity contribution is -0.140. The predicted octanol–water partition coefficient (Wildman–Crippen LogP) is 2.40. The Labute approximate surface area is 116 Å². The Morgan fingerprint density at radius 3 is 2.53 bits per heavy atom. The smallest absolute Gasteiger partial charge is 0.229 e. The molecule has 3 saturated carbocycles. The van der Waals surface area contributed by atoms with E-state index in [1.54, 1.807) is 0 Å². The van der Waals surface area contributed by atoms with Gasteiger partial charge in [0.1, 0.15) is 0 Å². The van der Waals surface area contributed by atoms with Crippen molar-refractivity contribution in [2.75, 3.05) is 20.1 Å². The molecule has 2 bridgehead atoms. The van der Waals surface area contributed by atoms with Gasteiger partial charge in [-0.2, -0.15) is 0 Å². The molecule has 3 unspecified atom stereocenters. The molecule has 0 spiro atoms. The molecule has 0 aromatic carbocycles. The van der Waals surface area contributed by atoms with E-state index in [1.807, 2.05) is 11.9 Å². The van der Waals surface area contributed by atoms with Crippen LogP contribution in [0.1, 0.15) is 51.4 Å². The minimum absolute atomic E-state index is 0.216. The van der Waals surface area contributed by atoms with Crippen LogP contribution in [0, 0.1) is 23.2 Å². The second-order valence-corrected chi connectivity index (χ2v) is 7.31. The van der Waals surface area contributed by atoms with E-state index in [1.165, 1.54) is 38.5 Å². The van der Waals surface area contributed by atoms with Crippen LogP contribution in [0.15, 0.2) is 0 Å². The second-order valence-electron chi connectivity index (χ2n) is 7.31. The van der Waals surface area contributed by atoms with E-state index in [0.717, 1.165) is 37.1 Å². The van der Waals surface area contributed by atoms with E-state index in [0.29, 0.717) is 12.5 Å². The highest BCUT2D eigenvalue weighted by Gasteiger charge is 2.44. The van der Waals surface area contributed by atoms with Gasteiger partial charge in [-0.05, 0) is 49.9 Å². The Bertz CT molecular complexity index is 349. The number of carbonyl (C=O) groups is 1. The number of hydrogen-bond acceptors (Lipinski definition) is 2. The number of rotatable bonds is 4. The zero-order valence-electron chi connectivity index (χ0n) is 12.2. The average Bonchev–Trinajstić information content (AvgIpc) is 3.14. The lowest BCUT2D eigenvalue weighted by Gasteiger charge is -2.34. The maximum absolute atomic E-state index is 12.7. The van der Waals surface area contributed by atoms with Crippen molar-refractivity contribution in [2.45, 2.75) is 51.4 Å². The molecule has 0 aromatic heterocycles.